The van der Waals surface area contributed by atoms with E-state index < -0.39 is 0 Å². The third kappa shape index (κ3) is 3.48. The van der Waals surface area contributed by atoms with Crippen molar-refractivity contribution in [2.24, 2.45) is 0 Å². The van der Waals surface area contributed by atoms with Crippen LogP contribution in [0.25, 0.3) is 5.57 Å². The highest BCUT2D eigenvalue weighted by Crippen LogP contribution is 2.34. The molecule has 0 saturated carbocycles. The van der Waals surface area contributed by atoms with Crippen molar-refractivity contribution in [3.63, 3.8) is 0 Å². The van der Waals surface area contributed by atoms with Crippen LogP contribution in [-0.4, -0.2) is 19.8 Å². The van der Waals surface area contributed by atoms with Crippen LogP contribution in [0.1, 0.15) is 32.3 Å². The van der Waals surface area contributed by atoms with Crippen LogP contribution < -0.4 is 4.74 Å². The summed E-state index contributed by atoms with van der Waals surface area (Å²) in [5.74, 6) is 0.959. The standard InChI is InChI=1S/C17H22O2/c1-3-18-13-14-9-5-6-10-15(14)16-11-7-8-12-17(16)19-4-2/h7-12H,3-6,13H2,1-2H3. The Bertz CT molecular complexity index is 472. The summed E-state index contributed by atoms with van der Waals surface area (Å²) in [6, 6.07) is 8.24. The first-order valence-corrected chi connectivity index (χ1v) is 7.06. The van der Waals surface area contributed by atoms with Crippen molar-refractivity contribution < 1.29 is 9.47 Å². The average Bonchev–Trinajstić information content (AvgIpc) is 2.46. The minimum atomic E-state index is 0.683. The molecule has 0 atom stereocenters. The number of allylic oxidation sites excluding steroid dienone is 2. The van der Waals surface area contributed by atoms with Crippen LogP contribution in [0.5, 0.6) is 5.75 Å². The lowest BCUT2D eigenvalue weighted by molar-refractivity contribution is 0.173. The molecular formula is C17H22O2. The Balaban J connectivity index is 2.28. The highest BCUT2D eigenvalue weighted by atomic mass is 16.5. The molecule has 0 fully saturated rings. The van der Waals surface area contributed by atoms with Gasteiger partial charge in [0.2, 0.25) is 0 Å². The molecule has 1 aromatic rings. The first kappa shape index (κ1) is 13.9. The van der Waals surface area contributed by atoms with Crippen molar-refractivity contribution in [2.45, 2.75) is 26.7 Å². The second-order valence-corrected chi connectivity index (χ2v) is 4.49. The molecule has 0 radical (unpaired) electrons. The van der Waals surface area contributed by atoms with Gasteiger partial charge >= 0.3 is 0 Å². The SMILES string of the molecule is CCOCC1=CCCC=C1c1ccccc1OCC. The Morgan fingerprint density at radius 1 is 1.00 bits per heavy atom. The molecule has 1 aliphatic rings. The lowest BCUT2D eigenvalue weighted by Gasteiger charge is -2.19. The maximum Gasteiger partial charge on any atom is 0.127 e. The summed E-state index contributed by atoms with van der Waals surface area (Å²) in [6.45, 7) is 6.17. The first-order valence-electron chi connectivity index (χ1n) is 7.06. The van der Waals surface area contributed by atoms with E-state index in [-0.39, 0.29) is 0 Å². The third-order valence-electron chi connectivity index (χ3n) is 3.19. The molecule has 0 aliphatic heterocycles. The Labute approximate surface area is 115 Å². The van der Waals surface area contributed by atoms with E-state index in [0.29, 0.717) is 13.2 Å². The molecule has 0 N–H and O–H groups in total. The van der Waals surface area contributed by atoms with Gasteiger partial charge in [0.15, 0.2) is 0 Å². The largest absolute Gasteiger partial charge is 0.493 e. The van der Waals surface area contributed by atoms with E-state index in [1.165, 1.54) is 16.7 Å². The van der Waals surface area contributed by atoms with Crippen LogP contribution in [0.3, 0.4) is 0 Å². The van der Waals surface area contributed by atoms with Gasteiger partial charge in [-0.05, 0) is 43.9 Å². The number of benzene rings is 1. The van der Waals surface area contributed by atoms with Gasteiger partial charge in [0, 0.05) is 12.2 Å². The lowest BCUT2D eigenvalue weighted by atomic mass is 9.91. The topological polar surface area (TPSA) is 18.5 Å². The fourth-order valence-electron chi connectivity index (χ4n) is 2.33. The minimum Gasteiger partial charge on any atom is -0.493 e. The number of rotatable bonds is 6. The number of hydrogen-bond donors (Lipinski definition) is 0. The predicted molar refractivity (Wildman–Crippen MR) is 79.4 cm³/mol. The number of hydrogen-bond acceptors (Lipinski definition) is 2. The summed E-state index contributed by atoms with van der Waals surface area (Å²) in [5.41, 5.74) is 3.72. The predicted octanol–water partition coefficient (Wildman–Crippen LogP) is 4.23. The molecule has 19 heavy (non-hydrogen) atoms. The van der Waals surface area contributed by atoms with Crippen LogP contribution in [0, 0.1) is 0 Å². The maximum absolute atomic E-state index is 5.73. The van der Waals surface area contributed by atoms with Gasteiger partial charge in [0.1, 0.15) is 5.75 Å². The van der Waals surface area contributed by atoms with E-state index in [1.807, 2.05) is 26.0 Å². The second kappa shape index (κ2) is 7.15. The highest BCUT2D eigenvalue weighted by molar-refractivity contribution is 5.83. The van der Waals surface area contributed by atoms with Gasteiger partial charge in [-0.1, -0.05) is 30.4 Å². The highest BCUT2D eigenvalue weighted by Gasteiger charge is 2.14. The minimum absolute atomic E-state index is 0.683. The van der Waals surface area contributed by atoms with E-state index in [0.717, 1.165) is 25.2 Å². The molecule has 0 unspecified atom stereocenters. The van der Waals surface area contributed by atoms with Crippen molar-refractivity contribution in [1.29, 1.82) is 0 Å². The fraction of sp³-hybridized carbons (Fsp3) is 0.412. The van der Waals surface area contributed by atoms with E-state index >= 15 is 0 Å². The van der Waals surface area contributed by atoms with E-state index in [1.54, 1.807) is 0 Å². The molecule has 1 aromatic carbocycles. The zero-order valence-corrected chi connectivity index (χ0v) is 11.8. The first-order chi connectivity index (χ1) is 9.36. The van der Waals surface area contributed by atoms with Gasteiger partial charge in [-0.3, -0.25) is 0 Å². The van der Waals surface area contributed by atoms with E-state index in [9.17, 15) is 0 Å². The molecule has 0 bridgehead atoms. The average molecular weight is 258 g/mol. The van der Waals surface area contributed by atoms with E-state index in [2.05, 4.69) is 24.3 Å². The van der Waals surface area contributed by atoms with Crippen molar-refractivity contribution >= 4 is 5.57 Å². The monoisotopic (exact) mass is 258 g/mol. The molecule has 2 heteroatoms. The van der Waals surface area contributed by atoms with Gasteiger partial charge < -0.3 is 9.47 Å². The molecule has 0 saturated heterocycles. The summed E-state index contributed by atoms with van der Waals surface area (Å²) in [4.78, 5) is 0. The van der Waals surface area contributed by atoms with E-state index in [4.69, 9.17) is 9.47 Å². The van der Waals surface area contributed by atoms with Gasteiger partial charge in [0.25, 0.3) is 0 Å². The molecule has 2 nitrogen and oxygen atoms in total. The van der Waals surface area contributed by atoms with Gasteiger partial charge in [0.05, 0.1) is 13.2 Å². The molecule has 0 spiro atoms. The van der Waals surface area contributed by atoms with Crippen LogP contribution >= 0.6 is 0 Å². The van der Waals surface area contributed by atoms with Gasteiger partial charge in [-0.15, -0.1) is 0 Å². The molecule has 0 amide bonds. The summed E-state index contributed by atoms with van der Waals surface area (Å²) < 4.78 is 11.3. The third-order valence-corrected chi connectivity index (χ3v) is 3.19. The van der Waals surface area contributed by atoms with Crippen molar-refractivity contribution in [3.05, 3.63) is 47.6 Å². The fourth-order valence-corrected chi connectivity index (χ4v) is 2.33. The Hall–Kier alpha value is -1.54. The molecule has 1 aliphatic carbocycles. The summed E-state index contributed by atoms with van der Waals surface area (Å²) >= 11 is 0. The maximum atomic E-state index is 5.73. The van der Waals surface area contributed by atoms with Crippen LogP contribution in [0.2, 0.25) is 0 Å². The molecule has 0 heterocycles. The van der Waals surface area contributed by atoms with Crippen LogP contribution in [-0.2, 0) is 4.74 Å². The summed E-state index contributed by atoms with van der Waals surface area (Å²) in [7, 11) is 0. The van der Waals surface area contributed by atoms with Crippen molar-refractivity contribution in [2.75, 3.05) is 19.8 Å². The quantitative estimate of drug-likeness (QED) is 0.760. The Morgan fingerprint density at radius 3 is 2.58 bits per heavy atom. The lowest BCUT2D eigenvalue weighted by Crippen LogP contribution is -2.05. The Morgan fingerprint density at radius 2 is 1.79 bits per heavy atom. The van der Waals surface area contributed by atoms with Gasteiger partial charge in [-0.2, -0.15) is 0 Å². The zero-order chi connectivity index (χ0) is 13.5. The second-order valence-electron chi connectivity index (χ2n) is 4.49. The zero-order valence-electron chi connectivity index (χ0n) is 11.8. The molecule has 2 rings (SSSR count). The molecular weight excluding hydrogens is 236 g/mol. The summed E-state index contributed by atoms with van der Waals surface area (Å²) in [5, 5.41) is 0. The van der Waals surface area contributed by atoms with Crippen LogP contribution in [0.15, 0.2) is 42.0 Å². The van der Waals surface area contributed by atoms with Crippen molar-refractivity contribution in [1.82, 2.24) is 0 Å². The van der Waals surface area contributed by atoms with Gasteiger partial charge in [-0.25, -0.2) is 0 Å². The molecule has 0 aromatic heterocycles. The summed E-state index contributed by atoms with van der Waals surface area (Å²) in [6.07, 6.45) is 6.77. The number of ether oxygens (including phenoxy) is 2. The number of para-hydroxylation sites is 1. The smallest absolute Gasteiger partial charge is 0.127 e. The molecule has 102 valence electrons. The Kier molecular flexibility index (Phi) is 5.22. The van der Waals surface area contributed by atoms with Crippen LogP contribution in [0.4, 0.5) is 0 Å². The normalized spacial score (nSPS) is 14.8. The van der Waals surface area contributed by atoms with Crippen molar-refractivity contribution in [3.8, 4) is 5.75 Å².